The predicted octanol–water partition coefficient (Wildman–Crippen LogP) is 11.3. The van der Waals surface area contributed by atoms with Gasteiger partial charge in [-0.25, -0.2) is 14.6 Å². The fourth-order valence-electron chi connectivity index (χ4n) is 9.86. The summed E-state index contributed by atoms with van der Waals surface area (Å²) in [6.07, 6.45) is 3.55. The molecule has 0 bridgehead atoms. The zero-order valence-corrected chi connectivity index (χ0v) is 49.5. The van der Waals surface area contributed by atoms with Crippen LogP contribution in [0.25, 0.3) is 16.5 Å². The number of ether oxygens (including phenoxy) is 4. The summed E-state index contributed by atoms with van der Waals surface area (Å²) in [5.74, 6) is -3.01. The number of esters is 1. The number of oxime groups is 1. The molecule has 2 amide bonds. The lowest BCUT2D eigenvalue weighted by molar-refractivity contribution is -0.607. The highest BCUT2D eigenvalue weighted by atomic mass is 32.2. The smallest absolute Gasteiger partial charge is 0.353 e. The summed E-state index contributed by atoms with van der Waals surface area (Å²) in [4.78, 5) is 68.4. The molecule has 1 saturated heterocycles. The van der Waals surface area contributed by atoms with Gasteiger partial charge in [0.25, 0.3) is 11.8 Å². The number of nitrogens with zero attached hydrogens (tertiary/aromatic N) is 4. The number of hydrogen-bond donors (Lipinski definition) is 3. The van der Waals surface area contributed by atoms with Gasteiger partial charge in [0.15, 0.2) is 16.6 Å². The van der Waals surface area contributed by atoms with Crippen molar-refractivity contribution in [3.8, 4) is 27.7 Å². The summed E-state index contributed by atoms with van der Waals surface area (Å²) in [7, 11) is 1.58. The average Bonchev–Trinajstić information content (AvgIpc) is 0.817. The number of aromatic nitrogens is 2. The molecule has 4 heterocycles. The number of nitrogens with one attached hydrogen (secondary N) is 1. The van der Waals surface area contributed by atoms with Crippen LogP contribution < -0.4 is 30.0 Å². The van der Waals surface area contributed by atoms with Crippen LogP contribution in [0.2, 0.25) is 0 Å². The van der Waals surface area contributed by atoms with Gasteiger partial charge in [-0.3, -0.25) is 14.5 Å². The van der Waals surface area contributed by atoms with Gasteiger partial charge in [0.1, 0.15) is 46.9 Å². The Morgan fingerprint density at radius 1 is 0.814 bits per heavy atom. The zero-order valence-electron chi connectivity index (χ0n) is 47.9. The van der Waals surface area contributed by atoms with Gasteiger partial charge in [-0.15, -0.1) is 11.8 Å². The minimum Gasteiger partial charge on any atom is -0.618 e. The molecule has 2 aromatic heterocycles. The second-order valence-corrected chi connectivity index (χ2v) is 23.8. The Kier molecular flexibility index (Phi) is 17.7. The van der Waals surface area contributed by atoms with Crippen molar-refractivity contribution in [2.24, 2.45) is 5.16 Å². The van der Waals surface area contributed by atoms with E-state index in [1.165, 1.54) is 50.0 Å². The minimum atomic E-state index is -1.74. The maximum Gasteiger partial charge on any atom is 0.353 e. The van der Waals surface area contributed by atoms with Crippen LogP contribution in [0.4, 0.5) is 5.13 Å². The summed E-state index contributed by atoms with van der Waals surface area (Å²) < 4.78 is 24.6. The SMILES string of the molecule is COc1ccc(COc2c[n+]([O-])c(C=CC3=C(C(=O)O)N4C(=O)[C@@H](NC(=O)/C(=N\OC(C)(C)C(=O)OC(C)(C)C)c5nc(N)sc5-c5ccccc5C(c5ccccc5)c5ccccc5)[C@H]4SC3)cc2OC(c2ccccc2)c2ccccc2)cc1. The number of benzene rings is 6. The number of carboxylic acid groups (broad SMARTS) is 1. The first kappa shape index (κ1) is 59.4. The number of nitrogens with two attached hydrogens (primary N) is 1. The fourth-order valence-corrected chi connectivity index (χ4v) is 12.1. The van der Waals surface area contributed by atoms with E-state index in [1.807, 2.05) is 158 Å². The lowest BCUT2D eigenvalue weighted by Gasteiger charge is -2.49. The molecule has 17 nitrogen and oxygen atoms in total. The Morgan fingerprint density at radius 2 is 1.40 bits per heavy atom. The Labute approximate surface area is 506 Å². The van der Waals surface area contributed by atoms with Crippen LogP contribution in [-0.4, -0.2) is 79.9 Å². The number of thiazole rings is 1. The number of fused-ring (bicyclic) bond motifs is 1. The van der Waals surface area contributed by atoms with Gasteiger partial charge in [-0.05, 0) is 97.3 Å². The molecule has 0 unspecified atom stereocenters. The molecule has 8 aromatic rings. The number of methoxy groups -OCH3 is 1. The molecule has 0 saturated carbocycles. The number of carbonyl (C=O) groups is 4. The van der Waals surface area contributed by atoms with Crippen molar-refractivity contribution in [1.82, 2.24) is 15.2 Å². The first-order valence-corrected chi connectivity index (χ1v) is 29.4. The molecular formula is C67H62N6O11S2. The third-order valence-corrected chi connectivity index (χ3v) is 16.3. The molecule has 2 aliphatic heterocycles. The average molecular weight is 1190 g/mol. The Bertz CT molecular complexity index is 3790. The molecule has 4 N–H and O–H groups in total. The number of rotatable bonds is 21. The minimum absolute atomic E-state index is 0.00689. The number of carbonyl (C=O) groups excluding carboxylic acids is 3. The number of thioether (sulfide) groups is 1. The number of anilines is 1. The van der Waals surface area contributed by atoms with Crippen molar-refractivity contribution in [3.63, 3.8) is 0 Å². The quantitative estimate of drug-likeness (QED) is 0.0116. The molecule has 0 spiro atoms. The van der Waals surface area contributed by atoms with Crippen LogP contribution >= 0.6 is 23.1 Å². The van der Waals surface area contributed by atoms with Gasteiger partial charge >= 0.3 is 11.9 Å². The maximum absolute atomic E-state index is 15.0. The van der Waals surface area contributed by atoms with E-state index in [0.29, 0.717) is 20.9 Å². The molecule has 1 fully saturated rings. The third kappa shape index (κ3) is 13.3. The highest BCUT2D eigenvalue weighted by Gasteiger charge is 2.54. The third-order valence-electron chi connectivity index (χ3n) is 14.1. The molecular weight excluding hydrogens is 1130 g/mol. The molecule has 438 valence electrons. The van der Waals surface area contributed by atoms with E-state index in [2.05, 4.69) is 15.5 Å². The van der Waals surface area contributed by atoms with Crippen LogP contribution in [-0.2, 0) is 35.4 Å². The van der Waals surface area contributed by atoms with Crippen LogP contribution in [0.5, 0.6) is 17.2 Å². The fraction of sp³-hybridized carbons (Fsp3) is 0.209. The number of aliphatic carboxylic acids is 1. The van der Waals surface area contributed by atoms with E-state index in [-0.39, 0.29) is 57.6 Å². The number of amides is 2. The van der Waals surface area contributed by atoms with Crippen molar-refractivity contribution in [1.29, 1.82) is 0 Å². The highest BCUT2D eigenvalue weighted by Crippen LogP contribution is 2.44. The van der Waals surface area contributed by atoms with E-state index in [9.17, 15) is 24.7 Å². The van der Waals surface area contributed by atoms with Crippen molar-refractivity contribution in [2.45, 2.75) is 75.9 Å². The van der Waals surface area contributed by atoms with Crippen LogP contribution in [0.1, 0.15) is 91.4 Å². The van der Waals surface area contributed by atoms with E-state index in [0.717, 1.165) is 49.6 Å². The van der Waals surface area contributed by atoms with Gasteiger partial charge in [0.2, 0.25) is 23.2 Å². The number of nitrogen functional groups attached to an aromatic ring is 1. The van der Waals surface area contributed by atoms with Gasteiger partial charge in [0, 0.05) is 17.7 Å². The van der Waals surface area contributed by atoms with E-state index in [4.69, 9.17) is 29.5 Å². The van der Waals surface area contributed by atoms with Gasteiger partial charge in [-0.1, -0.05) is 174 Å². The first-order chi connectivity index (χ1) is 41.4. The second-order valence-electron chi connectivity index (χ2n) is 21.7. The van der Waals surface area contributed by atoms with E-state index >= 15 is 4.79 Å². The lowest BCUT2D eigenvalue weighted by Crippen LogP contribution is -2.71. The van der Waals surface area contributed by atoms with Crippen molar-refractivity contribution in [3.05, 3.63) is 249 Å². The van der Waals surface area contributed by atoms with Crippen LogP contribution in [0, 0.1) is 5.21 Å². The Morgan fingerprint density at radius 3 is 1.98 bits per heavy atom. The Balaban J connectivity index is 0.965. The molecule has 2 atom stereocenters. The monoisotopic (exact) mass is 1190 g/mol. The van der Waals surface area contributed by atoms with Crippen molar-refractivity contribution in [2.75, 3.05) is 18.6 Å². The topological polar surface area (TPSA) is 228 Å². The predicted molar refractivity (Wildman–Crippen MR) is 330 cm³/mol. The van der Waals surface area contributed by atoms with Gasteiger partial charge < -0.3 is 45.1 Å². The molecule has 86 heavy (non-hydrogen) atoms. The summed E-state index contributed by atoms with van der Waals surface area (Å²) in [5.41, 5.74) is 9.46. The summed E-state index contributed by atoms with van der Waals surface area (Å²) in [6, 6.07) is 54.3. The van der Waals surface area contributed by atoms with E-state index < -0.39 is 58.2 Å². The van der Waals surface area contributed by atoms with Gasteiger partial charge in [0.05, 0.1) is 18.1 Å². The number of carboxylic acids is 1. The van der Waals surface area contributed by atoms with Gasteiger partial charge in [-0.2, -0.15) is 4.73 Å². The largest absolute Gasteiger partial charge is 0.618 e. The zero-order chi connectivity index (χ0) is 60.7. The van der Waals surface area contributed by atoms with Crippen molar-refractivity contribution >= 4 is 63.8 Å². The molecule has 19 heteroatoms. The summed E-state index contributed by atoms with van der Waals surface area (Å²) in [6.45, 7) is 8.09. The normalized spacial score (nSPS) is 15.3. The van der Waals surface area contributed by atoms with Crippen molar-refractivity contribution < 1.29 is 52.8 Å². The molecule has 6 aromatic carbocycles. The molecule has 2 aliphatic rings. The number of hydrogen-bond acceptors (Lipinski definition) is 15. The van der Waals surface area contributed by atoms with Crippen LogP contribution in [0.3, 0.4) is 0 Å². The summed E-state index contributed by atoms with van der Waals surface area (Å²) in [5, 5.41) is 31.1. The van der Waals surface area contributed by atoms with E-state index in [1.54, 1.807) is 40.0 Å². The molecule has 0 aliphatic carbocycles. The molecule has 0 radical (unpaired) electrons. The number of allylic oxidation sites excluding steroid dienone is 1. The standard InChI is InChI=1S/C67H62N6O11S2/c1-66(2,3)83-64(78)67(4,5)84-71-55(54-59(86-65(68)70-54)50-30-20-19-29-49(50)53(42-21-11-7-12-22-42)43-23-13-8-14-24-43)60(74)69-56-61(75)73-57(63(76)77)46(40-85-62(56)73)33-34-47-37-51(52(38-72(47)79)81-39-41-31-35-48(80-6)36-32-41)82-58(44-25-15-9-16-26-44)45-27-17-10-18-28-45/h7-38,53,56,58,62H,39-40H2,1-6H3,(H2,68,70)(H,69,74)(H,76,77)/b34-33?,71-55-/t56-,62-/m1/s1. The van der Waals surface area contributed by atoms with Crippen LogP contribution in [0.15, 0.2) is 205 Å². The second kappa shape index (κ2) is 25.6. The Hall–Kier alpha value is -9.72. The molecule has 10 rings (SSSR count). The number of pyridine rings is 1. The number of β-lactam (4-membered cyclic amide) rings is 1. The maximum atomic E-state index is 15.0. The first-order valence-electron chi connectivity index (χ1n) is 27.5. The summed E-state index contributed by atoms with van der Waals surface area (Å²) >= 11 is 2.32. The lowest BCUT2D eigenvalue weighted by atomic mass is 9.82. The highest BCUT2D eigenvalue weighted by molar-refractivity contribution is 8.00.